The normalized spacial score (nSPS) is 15.2. The number of benzene rings is 1. The molecule has 1 heterocycles. The van der Waals surface area contributed by atoms with Crippen molar-refractivity contribution >= 4 is 10.9 Å². The summed E-state index contributed by atoms with van der Waals surface area (Å²) in [6.07, 6.45) is 3.13. The van der Waals surface area contributed by atoms with Gasteiger partial charge in [0.2, 0.25) is 0 Å². The number of H-pyrrole nitrogens is 1. The zero-order valence-corrected chi connectivity index (χ0v) is 9.48. The summed E-state index contributed by atoms with van der Waals surface area (Å²) in [5, 5.41) is 11.0. The van der Waals surface area contributed by atoms with E-state index in [1.165, 1.54) is 5.39 Å². The number of rotatable bonds is 4. The van der Waals surface area contributed by atoms with Gasteiger partial charge in [-0.15, -0.1) is 0 Å². The van der Waals surface area contributed by atoms with Gasteiger partial charge in [-0.2, -0.15) is 0 Å². The maximum absolute atomic E-state index is 9.86. The lowest BCUT2D eigenvalue weighted by atomic mass is 9.98. The van der Waals surface area contributed by atoms with Crippen LogP contribution >= 0.6 is 0 Å². The molecule has 2 aromatic rings. The molecule has 0 spiro atoms. The Bertz CT molecular complexity index is 464. The van der Waals surface area contributed by atoms with Gasteiger partial charge in [0, 0.05) is 11.7 Å². The highest BCUT2D eigenvalue weighted by molar-refractivity contribution is 5.79. The van der Waals surface area contributed by atoms with E-state index in [0.717, 1.165) is 23.9 Å². The largest absolute Gasteiger partial charge is 0.391 e. The minimum absolute atomic E-state index is 0.298. The summed E-state index contributed by atoms with van der Waals surface area (Å²) in [6, 6.07) is 7.75. The fraction of sp³-hybridized carbons (Fsp3) is 0.385. The van der Waals surface area contributed by atoms with Gasteiger partial charge in [-0.05, 0) is 29.5 Å². The Labute approximate surface area is 95.3 Å². The molecule has 0 aliphatic heterocycles. The van der Waals surface area contributed by atoms with Gasteiger partial charge in [-0.25, -0.2) is 0 Å². The average molecular weight is 218 g/mol. The number of fused-ring (bicyclic) bond motifs is 1. The maximum atomic E-state index is 9.86. The van der Waals surface area contributed by atoms with Gasteiger partial charge in [0.15, 0.2) is 0 Å². The molecule has 0 radical (unpaired) electrons. The van der Waals surface area contributed by atoms with E-state index < -0.39 is 6.10 Å². The molecule has 3 nitrogen and oxygen atoms in total. The van der Waals surface area contributed by atoms with Crippen LogP contribution in [0.2, 0.25) is 0 Å². The lowest BCUT2D eigenvalue weighted by Gasteiger charge is -2.18. The van der Waals surface area contributed by atoms with Crippen molar-refractivity contribution in [1.29, 1.82) is 0 Å². The Balaban J connectivity index is 2.24. The number of aromatic amines is 1. The van der Waals surface area contributed by atoms with Crippen LogP contribution in [-0.4, -0.2) is 16.2 Å². The molecule has 2 atom stereocenters. The summed E-state index contributed by atoms with van der Waals surface area (Å²) in [4.78, 5) is 3.15. The highest BCUT2D eigenvalue weighted by Crippen LogP contribution is 2.21. The molecule has 0 bridgehead atoms. The van der Waals surface area contributed by atoms with Crippen molar-refractivity contribution in [2.75, 3.05) is 0 Å². The summed E-state index contributed by atoms with van der Waals surface area (Å²) < 4.78 is 0. The van der Waals surface area contributed by atoms with E-state index >= 15 is 0 Å². The lowest BCUT2D eigenvalue weighted by molar-refractivity contribution is 0.134. The van der Waals surface area contributed by atoms with Crippen LogP contribution in [0.15, 0.2) is 30.5 Å². The summed E-state index contributed by atoms with van der Waals surface area (Å²) in [5.41, 5.74) is 8.07. The molecule has 1 aromatic carbocycles. The maximum Gasteiger partial charge on any atom is 0.0732 e. The summed E-state index contributed by atoms with van der Waals surface area (Å²) in [7, 11) is 0. The Morgan fingerprint density at radius 2 is 2.19 bits per heavy atom. The number of nitrogens with two attached hydrogens (primary N) is 1. The molecule has 16 heavy (non-hydrogen) atoms. The second-order valence-electron chi connectivity index (χ2n) is 4.21. The fourth-order valence-corrected chi connectivity index (χ4v) is 1.97. The summed E-state index contributed by atoms with van der Waals surface area (Å²) in [6.45, 7) is 2.05. The molecule has 2 rings (SSSR count). The van der Waals surface area contributed by atoms with Crippen LogP contribution in [0.25, 0.3) is 10.9 Å². The number of aliphatic hydroxyl groups excluding tert-OH is 1. The second kappa shape index (κ2) is 4.68. The lowest BCUT2D eigenvalue weighted by Crippen LogP contribution is -2.25. The number of hydrogen-bond acceptors (Lipinski definition) is 2. The predicted octanol–water partition coefficient (Wildman–Crippen LogP) is 2.33. The second-order valence-corrected chi connectivity index (χ2v) is 4.21. The van der Waals surface area contributed by atoms with Crippen LogP contribution in [0.3, 0.4) is 0 Å². The molecule has 0 fully saturated rings. The van der Waals surface area contributed by atoms with Crippen LogP contribution in [0.4, 0.5) is 0 Å². The van der Waals surface area contributed by atoms with E-state index in [4.69, 9.17) is 5.73 Å². The van der Waals surface area contributed by atoms with Gasteiger partial charge in [0.1, 0.15) is 0 Å². The van der Waals surface area contributed by atoms with E-state index in [1.807, 2.05) is 37.4 Å². The van der Waals surface area contributed by atoms with Crippen molar-refractivity contribution in [2.24, 2.45) is 5.73 Å². The van der Waals surface area contributed by atoms with Crippen molar-refractivity contribution < 1.29 is 5.11 Å². The zero-order chi connectivity index (χ0) is 11.5. The highest BCUT2D eigenvalue weighted by Gasteiger charge is 2.16. The van der Waals surface area contributed by atoms with E-state index in [-0.39, 0.29) is 6.04 Å². The molecule has 0 saturated carbocycles. The fourth-order valence-electron chi connectivity index (χ4n) is 1.97. The summed E-state index contributed by atoms with van der Waals surface area (Å²) in [5.74, 6) is 0. The average Bonchev–Trinajstić information content (AvgIpc) is 2.75. The molecule has 4 N–H and O–H groups in total. The monoisotopic (exact) mass is 218 g/mol. The molecule has 1 aromatic heterocycles. The molecule has 0 saturated heterocycles. The topological polar surface area (TPSA) is 62.0 Å². The van der Waals surface area contributed by atoms with Crippen LogP contribution < -0.4 is 5.73 Å². The molecule has 3 heteroatoms. The van der Waals surface area contributed by atoms with Crippen LogP contribution in [0.5, 0.6) is 0 Å². The summed E-state index contributed by atoms with van der Waals surface area (Å²) >= 11 is 0. The van der Waals surface area contributed by atoms with E-state index in [1.54, 1.807) is 0 Å². The van der Waals surface area contributed by atoms with E-state index in [9.17, 15) is 5.11 Å². The van der Waals surface area contributed by atoms with Crippen molar-refractivity contribution in [3.8, 4) is 0 Å². The molecular formula is C13H18N2O. The zero-order valence-electron chi connectivity index (χ0n) is 9.48. The van der Waals surface area contributed by atoms with Crippen molar-refractivity contribution in [1.82, 2.24) is 4.98 Å². The Morgan fingerprint density at radius 1 is 1.38 bits per heavy atom. The third-order valence-corrected chi connectivity index (χ3v) is 2.96. The van der Waals surface area contributed by atoms with Gasteiger partial charge in [-0.3, -0.25) is 0 Å². The van der Waals surface area contributed by atoms with Gasteiger partial charge in [-0.1, -0.05) is 25.5 Å². The number of hydrogen-bond donors (Lipinski definition) is 3. The van der Waals surface area contributed by atoms with Crippen molar-refractivity contribution in [3.05, 3.63) is 36.0 Å². The standard InChI is InChI=1S/C13H18N2O/c1-2-3-12(16)13(14)10-5-4-9-6-7-15-11(9)8-10/h4-8,12-13,15-16H,2-3,14H2,1H3/t12-,13+/m0/s1. The Hall–Kier alpha value is -1.32. The number of aliphatic hydroxyl groups is 1. The first-order valence-electron chi connectivity index (χ1n) is 5.73. The van der Waals surface area contributed by atoms with Gasteiger partial charge in [0.05, 0.1) is 12.1 Å². The van der Waals surface area contributed by atoms with Gasteiger partial charge in [0.25, 0.3) is 0 Å². The minimum Gasteiger partial charge on any atom is -0.391 e. The molecule has 0 aliphatic carbocycles. The molecular weight excluding hydrogens is 200 g/mol. The first-order valence-corrected chi connectivity index (χ1v) is 5.73. The van der Waals surface area contributed by atoms with Crippen LogP contribution in [0.1, 0.15) is 31.4 Å². The van der Waals surface area contributed by atoms with Crippen LogP contribution in [-0.2, 0) is 0 Å². The first kappa shape index (κ1) is 11.2. The highest BCUT2D eigenvalue weighted by atomic mass is 16.3. The SMILES string of the molecule is CCC[C@H](O)[C@H](N)c1ccc2cc[nH]c2c1. The number of nitrogens with one attached hydrogen (secondary N) is 1. The first-order chi connectivity index (χ1) is 7.72. The quantitative estimate of drug-likeness (QED) is 0.737. The Morgan fingerprint density at radius 3 is 2.94 bits per heavy atom. The molecule has 0 aliphatic rings. The molecule has 0 unspecified atom stereocenters. The Kier molecular flexibility index (Phi) is 3.27. The number of aromatic nitrogens is 1. The molecule has 86 valence electrons. The van der Waals surface area contributed by atoms with Crippen LogP contribution in [0, 0.1) is 0 Å². The van der Waals surface area contributed by atoms with E-state index in [2.05, 4.69) is 4.98 Å². The third-order valence-electron chi connectivity index (χ3n) is 2.96. The molecule has 0 amide bonds. The van der Waals surface area contributed by atoms with Gasteiger partial charge >= 0.3 is 0 Å². The van der Waals surface area contributed by atoms with E-state index in [0.29, 0.717) is 0 Å². The third kappa shape index (κ3) is 2.10. The van der Waals surface area contributed by atoms with Crippen molar-refractivity contribution in [2.45, 2.75) is 31.9 Å². The van der Waals surface area contributed by atoms with Gasteiger partial charge < -0.3 is 15.8 Å². The minimum atomic E-state index is -0.461. The smallest absolute Gasteiger partial charge is 0.0732 e. The van der Waals surface area contributed by atoms with Crippen molar-refractivity contribution in [3.63, 3.8) is 0 Å². The predicted molar refractivity (Wildman–Crippen MR) is 66.1 cm³/mol.